The van der Waals surface area contributed by atoms with Crippen molar-refractivity contribution in [3.8, 4) is 0 Å². The lowest BCUT2D eigenvalue weighted by Crippen LogP contribution is -2.20. The van der Waals surface area contributed by atoms with Gasteiger partial charge in [-0.05, 0) is 35.2 Å². The molecule has 0 aliphatic heterocycles. The third-order valence-electron chi connectivity index (χ3n) is 2.83. The van der Waals surface area contributed by atoms with E-state index in [1.807, 2.05) is 0 Å². The molecule has 2 rings (SSSR count). The number of hydrogen-bond donors (Lipinski definition) is 1. The van der Waals surface area contributed by atoms with Crippen LogP contribution in [0.3, 0.4) is 0 Å². The van der Waals surface area contributed by atoms with E-state index in [0.29, 0.717) is 12.5 Å². The van der Waals surface area contributed by atoms with Crippen LogP contribution >= 0.6 is 15.9 Å². The van der Waals surface area contributed by atoms with E-state index in [1.165, 1.54) is 19.3 Å². The van der Waals surface area contributed by atoms with Gasteiger partial charge in [0, 0.05) is 12.5 Å². The number of imidazole rings is 1. The highest BCUT2D eigenvalue weighted by Gasteiger charge is 2.23. The van der Waals surface area contributed by atoms with Crippen molar-refractivity contribution in [2.45, 2.75) is 38.1 Å². The maximum Gasteiger partial charge on any atom is 0.303 e. The predicted molar refractivity (Wildman–Crippen MR) is 58.8 cm³/mol. The standard InChI is InChI=1S/C10H13BrN2O2/c11-8-6-12-9(4-5-10(14)15)13(8)7-2-1-3-7/h6-7H,1-5H2,(H,14,15). The van der Waals surface area contributed by atoms with Gasteiger partial charge < -0.3 is 9.67 Å². The lowest BCUT2D eigenvalue weighted by Gasteiger charge is -2.29. The molecule has 0 saturated heterocycles. The highest BCUT2D eigenvalue weighted by molar-refractivity contribution is 9.10. The summed E-state index contributed by atoms with van der Waals surface area (Å²) >= 11 is 3.45. The summed E-state index contributed by atoms with van der Waals surface area (Å²) in [6, 6.07) is 0.519. The summed E-state index contributed by atoms with van der Waals surface area (Å²) in [7, 11) is 0. The molecule has 1 aliphatic rings. The van der Waals surface area contributed by atoms with E-state index in [0.717, 1.165) is 10.4 Å². The monoisotopic (exact) mass is 272 g/mol. The molecule has 1 heterocycles. The van der Waals surface area contributed by atoms with Gasteiger partial charge in [0.05, 0.1) is 12.6 Å². The van der Waals surface area contributed by atoms with Crippen molar-refractivity contribution in [1.82, 2.24) is 9.55 Å². The molecule has 1 N–H and O–H groups in total. The van der Waals surface area contributed by atoms with E-state index >= 15 is 0 Å². The number of aromatic nitrogens is 2. The highest BCUT2D eigenvalue weighted by Crippen LogP contribution is 2.35. The Hall–Kier alpha value is -0.840. The zero-order chi connectivity index (χ0) is 10.8. The first-order valence-corrected chi connectivity index (χ1v) is 5.91. The summed E-state index contributed by atoms with van der Waals surface area (Å²) in [6.45, 7) is 0. The van der Waals surface area contributed by atoms with Gasteiger partial charge >= 0.3 is 5.97 Å². The zero-order valence-corrected chi connectivity index (χ0v) is 9.90. The second kappa shape index (κ2) is 4.35. The Labute approximate surface area is 96.4 Å². The summed E-state index contributed by atoms with van der Waals surface area (Å²) in [5.74, 6) is 0.114. The molecule has 1 aromatic heterocycles. The fourth-order valence-corrected chi connectivity index (χ4v) is 2.41. The molecular formula is C10H13BrN2O2. The van der Waals surface area contributed by atoms with Crippen molar-refractivity contribution in [2.75, 3.05) is 0 Å². The average Bonchev–Trinajstić information content (AvgIpc) is 2.43. The molecule has 15 heavy (non-hydrogen) atoms. The van der Waals surface area contributed by atoms with E-state index in [1.54, 1.807) is 6.20 Å². The third-order valence-corrected chi connectivity index (χ3v) is 3.42. The zero-order valence-electron chi connectivity index (χ0n) is 8.32. The SMILES string of the molecule is O=C(O)CCc1ncc(Br)n1C1CCC1. The number of carboxylic acid groups (broad SMARTS) is 1. The fraction of sp³-hybridized carbons (Fsp3) is 0.600. The molecule has 4 nitrogen and oxygen atoms in total. The molecule has 0 unspecified atom stereocenters. The molecule has 5 heteroatoms. The minimum Gasteiger partial charge on any atom is -0.481 e. The second-order valence-electron chi connectivity index (χ2n) is 3.85. The Kier molecular flexibility index (Phi) is 3.09. The van der Waals surface area contributed by atoms with Crippen molar-refractivity contribution in [3.63, 3.8) is 0 Å². The largest absolute Gasteiger partial charge is 0.481 e. The van der Waals surface area contributed by atoms with Gasteiger partial charge in [-0.2, -0.15) is 0 Å². The molecular weight excluding hydrogens is 260 g/mol. The van der Waals surface area contributed by atoms with Crippen LogP contribution < -0.4 is 0 Å². The van der Waals surface area contributed by atoms with Crippen LogP contribution in [0.4, 0.5) is 0 Å². The molecule has 0 bridgehead atoms. The Morgan fingerprint density at radius 1 is 1.67 bits per heavy atom. The van der Waals surface area contributed by atoms with Crippen LogP contribution in [0.15, 0.2) is 10.8 Å². The number of hydrogen-bond acceptors (Lipinski definition) is 2. The summed E-state index contributed by atoms with van der Waals surface area (Å²) in [5, 5.41) is 8.63. The van der Waals surface area contributed by atoms with Crippen LogP contribution in [0.1, 0.15) is 37.5 Å². The van der Waals surface area contributed by atoms with Crippen LogP contribution in [0.5, 0.6) is 0 Å². The van der Waals surface area contributed by atoms with Crippen LogP contribution in [0, 0.1) is 0 Å². The molecule has 1 aliphatic carbocycles. The molecule has 1 aromatic rings. The summed E-state index contributed by atoms with van der Waals surface area (Å²) in [5.41, 5.74) is 0. The first-order chi connectivity index (χ1) is 7.18. The first-order valence-electron chi connectivity index (χ1n) is 5.12. The van der Waals surface area contributed by atoms with E-state index in [4.69, 9.17) is 5.11 Å². The summed E-state index contributed by atoms with van der Waals surface area (Å²) in [6.07, 6.45) is 6.03. The van der Waals surface area contributed by atoms with E-state index < -0.39 is 5.97 Å². The van der Waals surface area contributed by atoms with Crippen molar-refractivity contribution >= 4 is 21.9 Å². The van der Waals surface area contributed by atoms with Crippen molar-refractivity contribution < 1.29 is 9.90 Å². The molecule has 0 atom stereocenters. The molecule has 0 spiro atoms. The number of rotatable bonds is 4. The number of nitrogens with zero attached hydrogens (tertiary/aromatic N) is 2. The van der Waals surface area contributed by atoms with Gasteiger partial charge in [-0.3, -0.25) is 4.79 Å². The Balaban J connectivity index is 2.12. The Morgan fingerprint density at radius 3 is 2.93 bits per heavy atom. The minimum atomic E-state index is -0.769. The second-order valence-corrected chi connectivity index (χ2v) is 4.66. The molecule has 1 fully saturated rings. The molecule has 0 radical (unpaired) electrons. The van der Waals surface area contributed by atoms with Gasteiger partial charge in [0.2, 0.25) is 0 Å². The van der Waals surface area contributed by atoms with Gasteiger partial charge in [0.1, 0.15) is 10.4 Å². The molecule has 1 saturated carbocycles. The van der Waals surface area contributed by atoms with Crippen molar-refractivity contribution in [1.29, 1.82) is 0 Å². The predicted octanol–water partition coefficient (Wildman–Crippen LogP) is 2.39. The van der Waals surface area contributed by atoms with E-state index in [-0.39, 0.29) is 6.42 Å². The lowest BCUT2D eigenvalue weighted by atomic mass is 9.93. The Bertz CT molecular complexity index is 371. The smallest absolute Gasteiger partial charge is 0.303 e. The van der Waals surface area contributed by atoms with Gasteiger partial charge in [0.15, 0.2) is 0 Å². The third kappa shape index (κ3) is 2.22. The summed E-state index contributed by atoms with van der Waals surface area (Å²) < 4.78 is 3.10. The normalized spacial score (nSPS) is 16.3. The van der Waals surface area contributed by atoms with Gasteiger partial charge in [-0.1, -0.05) is 0 Å². The highest BCUT2D eigenvalue weighted by atomic mass is 79.9. The fourth-order valence-electron chi connectivity index (χ4n) is 1.81. The lowest BCUT2D eigenvalue weighted by molar-refractivity contribution is -0.137. The number of aliphatic carboxylic acids is 1. The molecule has 0 aromatic carbocycles. The number of halogens is 1. The van der Waals surface area contributed by atoms with Gasteiger partial charge in [-0.15, -0.1) is 0 Å². The van der Waals surface area contributed by atoms with Crippen LogP contribution in [0.2, 0.25) is 0 Å². The molecule has 82 valence electrons. The quantitative estimate of drug-likeness (QED) is 0.916. The minimum absolute atomic E-state index is 0.149. The van der Waals surface area contributed by atoms with Crippen LogP contribution in [-0.2, 0) is 11.2 Å². The van der Waals surface area contributed by atoms with Gasteiger partial charge in [-0.25, -0.2) is 4.98 Å². The van der Waals surface area contributed by atoms with E-state index in [9.17, 15) is 4.79 Å². The average molecular weight is 273 g/mol. The number of aryl methyl sites for hydroxylation is 1. The van der Waals surface area contributed by atoms with Crippen molar-refractivity contribution in [2.24, 2.45) is 0 Å². The van der Waals surface area contributed by atoms with Gasteiger partial charge in [0.25, 0.3) is 0 Å². The Morgan fingerprint density at radius 2 is 2.40 bits per heavy atom. The maximum atomic E-state index is 10.5. The van der Waals surface area contributed by atoms with Crippen LogP contribution in [-0.4, -0.2) is 20.6 Å². The summed E-state index contributed by atoms with van der Waals surface area (Å²) in [4.78, 5) is 14.7. The van der Waals surface area contributed by atoms with Crippen molar-refractivity contribution in [3.05, 3.63) is 16.6 Å². The maximum absolute atomic E-state index is 10.5. The topological polar surface area (TPSA) is 55.1 Å². The van der Waals surface area contributed by atoms with E-state index in [2.05, 4.69) is 25.5 Å². The number of carboxylic acids is 1. The van der Waals surface area contributed by atoms with Crippen LogP contribution in [0.25, 0.3) is 0 Å². The molecule has 0 amide bonds. The number of carbonyl (C=O) groups is 1. The first kappa shape index (κ1) is 10.7.